The van der Waals surface area contributed by atoms with Gasteiger partial charge in [-0.25, -0.2) is 0 Å². The molecule has 2 nitrogen and oxygen atoms in total. The molecule has 2 saturated carbocycles. The number of likely N-dealkylation sites (tertiary alicyclic amines) is 1. The van der Waals surface area contributed by atoms with Crippen LogP contribution in [-0.2, 0) is 4.79 Å². The van der Waals surface area contributed by atoms with Crippen molar-refractivity contribution in [1.29, 1.82) is 0 Å². The molecule has 22 heavy (non-hydrogen) atoms. The van der Waals surface area contributed by atoms with Crippen molar-refractivity contribution in [1.82, 2.24) is 4.90 Å². The first-order valence-electron chi connectivity index (χ1n) is 9.98. The molecule has 0 spiro atoms. The van der Waals surface area contributed by atoms with Gasteiger partial charge in [0.1, 0.15) is 5.78 Å². The van der Waals surface area contributed by atoms with Crippen molar-refractivity contribution in [2.45, 2.75) is 77.6 Å². The molecule has 1 aliphatic heterocycles. The molecule has 2 unspecified atom stereocenters. The van der Waals surface area contributed by atoms with E-state index in [1.165, 1.54) is 77.4 Å². The van der Waals surface area contributed by atoms with Crippen molar-refractivity contribution < 1.29 is 4.79 Å². The lowest BCUT2D eigenvalue weighted by Gasteiger charge is -2.37. The normalized spacial score (nSPS) is 33.0. The fraction of sp³-hybridized carbons (Fsp3) is 0.950. The molecule has 126 valence electrons. The average molecular weight is 306 g/mol. The zero-order chi connectivity index (χ0) is 15.4. The van der Waals surface area contributed by atoms with E-state index in [2.05, 4.69) is 11.8 Å². The summed E-state index contributed by atoms with van der Waals surface area (Å²) in [6, 6.07) is 0. The van der Waals surface area contributed by atoms with Gasteiger partial charge in [0.25, 0.3) is 0 Å². The summed E-state index contributed by atoms with van der Waals surface area (Å²) in [5.41, 5.74) is 0. The quantitative estimate of drug-likeness (QED) is 0.752. The number of nitrogens with zero attached hydrogens (tertiary/aromatic N) is 1. The summed E-state index contributed by atoms with van der Waals surface area (Å²) in [4.78, 5) is 15.3. The number of carbonyl (C=O) groups is 1. The zero-order valence-electron chi connectivity index (χ0n) is 14.6. The molecular weight excluding hydrogens is 270 g/mol. The smallest absolute Gasteiger partial charge is 0.139 e. The molecule has 2 atom stereocenters. The highest BCUT2D eigenvalue weighted by Gasteiger charge is 2.31. The first-order valence-corrected chi connectivity index (χ1v) is 9.98. The Morgan fingerprint density at radius 1 is 0.864 bits per heavy atom. The maximum Gasteiger partial charge on any atom is 0.139 e. The van der Waals surface area contributed by atoms with E-state index in [9.17, 15) is 4.79 Å². The summed E-state index contributed by atoms with van der Waals surface area (Å²) in [6.07, 6.45) is 14.3. The minimum atomic E-state index is 0.393. The van der Waals surface area contributed by atoms with E-state index in [1.807, 2.05) is 0 Å². The predicted octanol–water partition coefficient (Wildman–Crippen LogP) is 4.67. The van der Waals surface area contributed by atoms with Crippen molar-refractivity contribution in [2.24, 2.45) is 23.7 Å². The van der Waals surface area contributed by atoms with Crippen molar-refractivity contribution >= 4 is 5.78 Å². The summed E-state index contributed by atoms with van der Waals surface area (Å²) in [7, 11) is 0. The van der Waals surface area contributed by atoms with Crippen LogP contribution in [0.3, 0.4) is 0 Å². The molecule has 1 heterocycles. The molecule has 3 rings (SSSR count). The van der Waals surface area contributed by atoms with Gasteiger partial charge in [-0.15, -0.1) is 0 Å². The lowest BCUT2D eigenvalue weighted by Crippen LogP contribution is -2.41. The van der Waals surface area contributed by atoms with Crippen LogP contribution in [0.25, 0.3) is 0 Å². The number of piperidine rings is 1. The van der Waals surface area contributed by atoms with Crippen molar-refractivity contribution in [3.05, 3.63) is 0 Å². The van der Waals surface area contributed by atoms with Gasteiger partial charge in [-0.1, -0.05) is 39.0 Å². The number of hydrogen-bond acceptors (Lipinski definition) is 2. The van der Waals surface area contributed by atoms with E-state index in [-0.39, 0.29) is 0 Å². The van der Waals surface area contributed by atoms with Gasteiger partial charge >= 0.3 is 0 Å². The van der Waals surface area contributed by atoms with Crippen molar-refractivity contribution in [3.8, 4) is 0 Å². The number of hydrogen-bond donors (Lipinski definition) is 0. The topological polar surface area (TPSA) is 20.3 Å². The molecular formula is C20H35NO. The maximum atomic E-state index is 12.7. The Bertz CT molecular complexity index is 353. The fourth-order valence-electron chi connectivity index (χ4n) is 5.21. The lowest BCUT2D eigenvalue weighted by atomic mass is 9.78. The highest BCUT2D eigenvalue weighted by molar-refractivity contribution is 5.83. The standard InChI is InChI=1S/C20H35NO/c1-16-6-5-7-17(14-16)15-21-12-10-19(11-13-21)20(22)18-8-3-2-4-9-18/h16-19H,2-15H2,1H3. The van der Waals surface area contributed by atoms with Crippen molar-refractivity contribution in [2.75, 3.05) is 19.6 Å². The maximum absolute atomic E-state index is 12.7. The Labute approximate surface area is 137 Å². The van der Waals surface area contributed by atoms with Gasteiger partial charge in [0.15, 0.2) is 0 Å². The average Bonchev–Trinajstić information content (AvgIpc) is 2.56. The molecule has 3 aliphatic rings. The monoisotopic (exact) mass is 305 g/mol. The van der Waals surface area contributed by atoms with Crippen LogP contribution < -0.4 is 0 Å². The van der Waals surface area contributed by atoms with E-state index in [0.717, 1.165) is 24.7 Å². The van der Waals surface area contributed by atoms with Crippen LogP contribution in [0.15, 0.2) is 0 Å². The first-order chi connectivity index (χ1) is 10.7. The van der Waals surface area contributed by atoms with Crippen LogP contribution in [0.1, 0.15) is 77.6 Å². The molecule has 3 fully saturated rings. The number of Topliss-reactive ketones (excluding diaryl/α,β-unsaturated/α-hetero) is 1. The van der Waals surface area contributed by atoms with Crippen LogP contribution in [0.2, 0.25) is 0 Å². The van der Waals surface area contributed by atoms with Crippen LogP contribution in [-0.4, -0.2) is 30.3 Å². The highest BCUT2D eigenvalue weighted by atomic mass is 16.1. The Morgan fingerprint density at radius 3 is 2.23 bits per heavy atom. The Hall–Kier alpha value is -0.370. The Morgan fingerprint density at radius 2 is 1.55 bits per heavy atom. The summed E-state index contributed by atoms with van der Waals surface area (Å²) in [6.45, 7) is 6.07. The third-order valence-corrected chi connectivity index (χ3v) is 6.56. The summed E-state index contributed by atoms with van der Waals surface area (Å²) >= 11 is 0. The molecule has 0 amide bonds. The van der Waals surface area contributed by atoms with Gasteiger partial charge in [0, 0.05) is 18.4 Å². The molecule has 0 aromatic carbocycles. The van der Waals surface area contributed by atoms with E-state index >= 15 is 0 Å². The molecule has 0 bridgehead atoms. The largest absolute Gasteiger partial charge is 0.303 e. The van der Waals surface area contributed by atoms with Gasteiger partial charge in [-0.05, 0) is 63.5 Å². The Kier molecular flexibility index (Phi) is 5.95. The highest BCUT2D eigenvalue weighted by Crippen LogP contribution is 2.32. The molecule has 0 aromatic rings. The second-order valence-electron chi connectivity index (χ2n) is 8.45. The lowest BCUT2D eigenvalue weighted by molar-refractivity contribution is -0.129. The summed E-state index contributed by atoms with van der Waals surface area (Å²) in [5.74, 6) is 3.30. The fourth-order valence-corrected chi connectivity index (χ4v) is 5.21. The third-order valence-electron chi connectivity index (χ3n) is 6.56. The van der Waals surface area contributed by atoms with Crippen LogP contribution >= 0.6 is 0 Å². The third kappa shape index (κ3) is 4.34. The molecule has 2 aliphatic carbocycles. The minimum Gasteiger partial charge on any atom is -0.303 e. The van der Waals surface area contributed by atoms with E-state index < -0.39 is 0 Å². The predicted molar refractivity (Wildman–Crippen MR) is 91.9 cm³/mol. The number of carbonyl (C=O) groups excluding carboxylic acids is 1. The first kappa shape index (κ1) is 16.5. The van der Waals surface area contributed by atoms with Crippen LogP contribution in [0.5, 0.6) is 0 Å². The molecule has 1 saturated heterocycles. The van der Waals surface area contributed by atoms with Gasteiger partial charge < -0.3 is 4.90 Å². The van der Waals surface area contributed by atoms with E-state index in [4.69, 9.17) is 0 Å². The molecule has 2 heteroatoms. The molecule has 0 aromatic heterocycles. The SMILES string of the molecule is CC1CCCC(CN2CCC(C(=O)C3CCCCC3)CC2)C1. The van der Waals surface area contributed by atoms with Gasteiger partial charge in [0.05, 0.1) is 0 Å². The van der Waals surface area contributed by atoms with E-state index in [0.29, 0.717) is 17.6 Å². The minimum absolute atomic E-state index is 0.393. The summed E-state index contributed by atoms with van der Waals surface area (Å²) < 4.78 is 0. The van der Waals surface area contributed by atoms with E-state index in [1.54, 1.807) is 0 Å². The second-order valence-corrected chi connectivity index (χ2v) is 8.45. The zero-order valence-corrected chi connectivity index (χ0v) is 14.6. The van der Waals surface area contributed by atoms with Crippen molar-refractivity contribution in [3.63, 3.8) is 0 Å². The summed E-state index contributed by atoms with van der Waals surface area (Å²) in [5, 5.41) is 0. The van der Waals surface area contributed by atoms with Gasteiger partial charge in [0.2, 0.25) is 0 Å². The molecule has 0 radical (unpaired) electrons. The van der Waals surface area contributed by atoms with Crippen LogP contribution in [0, 0.1) is 23.7 Å². The number of rotatable bonds is 4. The van der Waals surface area contributed by atoms with Gasteiger partial charge in [-0.3, -0.25) is 4.79 Å². The second kappa shape index (κ2) is 7.95. The molecule has 0 N–H and O–H groups in total. The van der Waals surface area contributed by atoms with Crippen LogP contribution in [0.4, 0.5) is 0 Å². The Balaban J connectivity index is 1.41. The number of ketones is 1. The van der Waals surface area contributed by atoms with Gasteiger partial charge in [-0.2, -0.15) is 0 Å².